The fourth-order valence-corrected chi connectivity index (χ4v) is 6.90. The Morgan fingerprint density at radius 2 is 0.804 bits per heavy atom. The minimum atomic E-state index is 0.583. The van der Waals surface area contributed by atoms with Crippen molar-refractivity contribution in [1.82, 2.24) is 19.8 Å². The molecule has 0 saturated carbocycles. The van der Waals surface area contributed by atoms with E-state index in [1.807, 2.05) is 36.7 Å². The van der Waals surface area contributed by atoms with Gasteiger partial charge in [0.2, 0.25) is 11.5 Å². The minimum absolute atomic E-state index is 0.583. The van der Waals surface area contributed by atoms with Crippen LogP contribution in [-0.2, 0) is 0 Å². The van der Waals surface area contributed by atoms with Gasteiger partial charge in [0.15, 0.2) is 23.0 Å². The van der Waals surface area contributed by atoms with Gasteiger partial charge in [0, 0.05) is 75.9 Å². The molecule has 2 saturated heterocycles. The van der Waals surface area contributed by atoms with Gasteiger partial charge in [-0.15, -0.1) is 0 Å². The van der Waals surface area contributed by atoms with Crippen molar-refractivity contribution in [2.24, 2.45) is 0 Å². The third kappa shape index (κ3) is 8.18. The maximum atomic E-state index is 5.53. The molecule has 2 aliphatic rings. The molecule has 272 valence electrons. The molecule has 4 aromatic rings. The van der Waals surface area contributed by atoms with Gasteiger partial charge in [0.1, 0.15) is 11.6 Å². The summed E-state index contributed by atoms with van der Waals surface area (Å²) in [7, 11) is 9.74. The normalized spacial score (nSPS) is 15.4. The average molecular weight is 699 g/mol. The van der Waals surface area contributed by atoms with Crippen molar-refractivity contribution in [3.8, 4) is 56.8 Å². The lowest BCUT2D eigenvalue weighted by atomic mass is 10.1. The number of nitrogens with zero attached hydrogens (tertiary/aromatic N) is 6. The topological polar surface area (TPSA) is 94.1 Å². The molecule has 12 heteroatoms. The number of anilines is 2. The van der Waals surface area contributed by atoms with Crippen molar-refractivity contribution < 1.29 is 28.4 Å². The van der Waals surface area contributed by atoms with Gasteiger partial charge in [-0.3, -0.25) is 9.80 Å². The van der Waals surface area contributed by atoms with Crippen molar-refractivity contribution >= 4 is 11.6 Å². The molecule has 0 bridgehead atoms. The van der Waals surface area contributed by atoms with Crippen LogP contribution < -0.4 is 38.2 Å². The summed E-state index contributed by atoms with van der Waals surface area (Å²) in [4.78, 5) is 19.5. The van der Waals surface area contributed by atoms with Crippen LogP contribution >= 0.6 is 0 Å². The number of aromatic nitrogens is 2. The molecular weight excluding hydrogens is 648 g/mol. The molecule has 12 nitrogen and oxygen atoms in total. The molecule has 0 spiro atoms. The van der Waals surface area contributed by atoms with Crippen molar-refractivity contribution in [3.05, 3.63) is 60.9 Å². The van der Waals surface area contributed by atoms with Crippen LogP contribution in [0.25, 0.3) is 22.3 Å². The smallest absolute Gasteiger partial charge is 0.203 e. The second kappa shape index (κ2) is 16.8. The first kappa shape index (κ1) is 35.9. The number of ether oxygens (including phenoxy) is 6. The summed E-state index contributed by atoms with van der Waals surface area (Å²) in [6, 6.07) is 16.2. The molecule has 0 unspecified atom stereocenters. The molecule has 2 aromatic heterocycles. The van der Waals surface area contributed by atoms with E-state index in [-0.39, 0.29) is 0 Å². The van der Waals surface area contributed by atoms with Crippen LogP contribution in [0.2, 0.25) is 0 Å². The Hall–Kier alpha value is -4.94. The van der Waals surface area contributed by atoms with E-state index in [2.05, 4.69) is 43.9 Å². The molecule has 0 aliphatic carbocycles. The van der Waals surface area contributed by atoms with Crippen molar-refractivity contribution in [1.29, 1.82) is 0 Å². The Balaban J connectivity index is 0.929. The number of piperazine rings is 2. The van der Waals surface area contributed by atoms with Crippen LogP contribution in [-0.4, -0.2) is 128 Å². The second-order valence-corrected chi connectivity index (χ2v) is 12.6. The zero-order valence-corrected chi connectivity index (χ0v) is 30.7. The van der Waals surface area contributed by atoms with Gasteiger partial charge in [-0.05, 0) is 79.2 Å². The molecule has 2 fully saturated rings. The van der Waals surface area contributed by atoms with Crippen LogP contribution in [0.1, 0.15) is 6.42 Å². The maximum Gasteiger partial charge on any atom is 0.203 e. The second-order valence-electron chi connectivity index (χ2n) is 12.6. The number of methoxy groups -OCH3 is 6. The van der Waals surface area contributed by atoms with Gasteiger partial charge in [-0.25, -0.2) is 9.97 Å². The number of benzene rings is 2. The van der Waals surface area contributed by atoms with E-state index in [0.29, 0.717) is 34.5 Å². The van der Waals surface area contributed by atoms with Crippen LogP contribution in [0.3, 0.4) is 0 Å². The Labute approximate surface area is 301 Å². The van der Waals surface area contributed by atoms with E-state index in [4.69, 9.17) is 38.4 Å². The predicted octanol–water partition coefficient (Wildman–Crippen LogP) is 5.20. The molecule has 6 rings (SSSR count). The lowest BCUT2D eigenvalue weighted by Gasteiger charge is -2.37. The van der Waals surface area contributed by atoms with Crippen molar-refractivity contribution in [2.45, 2.75) is 6.42 Å². The number of rotatable bonds is 14. The maximum absolute atomic E-state index is 5.53. The van der Waals surface area contributed by atoms with Crippen LogP contribution in [0.15, 0.2) is 60.9 Å². The monoisotopic (exact) mass is 698 g/mol. The van der Waals surface area contributed by atoms with Gasteiger partial charge in [0.05, 0.1) is 42.7 Å². The zero-order valence-electron chi connectivity index (χ0n) is 30.7. The molecule has 0 atom stereocenters. The number of pyridine rings is 2. The SMILES string of the molecule is COc1cc(-c2ccc(N3CCN(CCCN4CCN(c5ccc(-c6cc(OC)c(OC)c(OC)c6)cn5)CC4)CC3)nc2)cc(OC)c1OC. The highest BCUT2D eigenvalue weighted by Crippen LogP contribution is 2.42. The van der Waals surface area contributed by atoms with E-state index in [1.54, 1.807) is 42.7 Å². The van der Waals surface area contributed by atoms with Crippen LogP contribution in [0.5, 0.6) is 34.5 Å². The molecule has 2 aromatic carbocycles. The summed E-state index contributed by atoms with van der Waals surface area (Å²) in [6.07, 6.45) is 5.01. The lowest BCUT2D eigenvalue weighted by molar-refractivity contribution is 0.212. The first-order valence-corrected chi connectivity index (χ1v) is 17.5. The lowest BCUT2D eigenvalue weighted by Crippen LogP contribution is -2.49. The number of hydrogen-bond acceptors (Lipinski definition) is 12. The fraction of sp³-hybridized carbons (Fsp3) is 0.436. The van der Waals surface area contributed by atoms with E-state index in [0.717, 1.165) is 99.3 Å². The van der Waals surface area contributed by atoms with Gasteiger partial charge < -0.3 is 38.2 Å². The van der Waals surface area contributed by atoms with Gasteiger partial charge in [0.25, 0.3) is 0 Å². The van der Waals surface area contributed by atoms with E-state index >= 15 is 0 Å². The highest BCUT2D eigenvalue weighted by Gasteiger charge is 2.22. The van der Waals surface area contributed by atoms with E-state index < -0.39 is 0 Å². The third-order valence-corrected chi connectivity index (χ3v) is 9.83. The molecular formula is C39H50N6O6. The first-order chi connectivity index (χ1) is 25.0. The Kier molecular flexibility index (Phi) is 11.8. The van der Waals surface area contributed by atoms with Crippen LogP contribution in [0.4, 0.5) is 11.6 Å². The Morgan fingerprint density at radius 3 is 1.08 bits per heavy atom. The standard InChI is InChI=1S/C39H50N6O6/c1-46-32-22-30(23-33(47-2)38(32)50-5)28-8-10-36(40-26-28)44-18-14-42(15-19-44)12-7-13-43-16-20-45(21-17-43)37-11-9-29(27-41-37)31-24-34(48-3)39(51-6)35(25-31)49-4/h8-11,22-27H,7,12-21H2,1-6H3. The molecule has 0 N–H and O–H groups in total. The summed E-state index contributed by atoms with van der Waals surface area (Å²) < 4.78 is 33.1. The molecule has 4 heterocycles. The summed E-state index contributed by atoms with van der Waals surface area (Å²) in [5, 5.41) is 0. The quantitative estimate of drug-likeness (QED) is 0.173. The van der Waals surface area contributed by atoms with Crippen molar-refractivity contribution in [2.75, 3.05) is 118 Å². The zero-order chi connectivity index (χ0) is 35.7. The van der Waals surface area contributed by atoms with Gasteiger partial charge in [-0.1, -0.05) is 0 Å². The van der Waals surface area contributed by atoms with Crippen LogP contribution in [0, 0.1) is 0 Å². The summed E-state index contributed by atoms with van der Waals surface area (Å²) >= 11 is 0. The Bertz CT molecular complexity index is 1540. The third-order valence-electron chi connectivity index (χ3n) is 9.83. The predicted molar refractivity (Wildman–Crippen MR) is 201 cm³/mol. The summed E-state index contributed by atoms with van der Waals surface area (Å²) in [5.41, 5.74) is 3.93. The highest BCUT2D eigenvalue weighted by atomic mass is 16.5. The molecule has 0 radical (unpaired) electrons. The summed E-state index contributed by atoms with van der Waals surface area (Å²) in [6.45, 7) is 10.3. The Morgan fingerprint density at radius 1 is 0.451 bits per heavy atom. The van der Waals surface area contributed by atoms with Crippen molar-refractivity contribution in [3.63, 3.8) is 0 Å². The largest absolute Gasteiger partial charge is 0.493 e. The summed E-state index contributed by atoms with van der Waals surface area (Å²) in [5.74, 6) is 5.69. The minimum Gasteiger partial charge on any atom is -0.493 e. The molecule has 2 aliphatic heterocycles. The van der Waals surface area contributed by atoms with E-state index in [9.17, 15) is 0 Å². The fourth-order valence-electron chi connectivity index (χ4n) is 6.90. The molecule has 0 amide bonds. The van der Waals surface area contributed by atoms with Gasteiger partial charge in [-0.2, -0.15) is 0 Å². The number of hydrogen-bond donors (Lipinski definition) is 0. The van der Waals surface area contributed by atoms with E-state index in [1.165, 1.54) is 6.42 Å². The first-order valence-electron chi connectivity index (χ1n) is 17.5. The molecule has 51 heavy (non-hydrogen) atoms. The average Bonchev–Trinajstić information content (AvgIpc) is 3.20. The van der Waals surface area contributed by atoms with Gasteiger partial charge >= 0.3 is 0 Å². The highest BCUT2D eigenvalue weighted by molar-refractivity contribution is 5.72.